The second kappa shape index (κ2) is 12.7. The topological polar surface area (TPSA) is 51.6 Å². The molecule has 6 aromatic carbocycles. The van der Waals surface area contributed by atoms with Gasteiger partial charge in [-0.1, -0.05) is 146 Å². The van der Waals surface area contributed by atoms with Crippen molar-refractivity contribution in [3.63, 3.8) is 0 Å². The van der Waals surface area contributed by atoms with Gasteiger partial charge in [0, 0.05) is 33.7 Å². The third kappa shape index (κ3) is 5.59. The third-order valence-electron chi connectivity index (χ3n) is 9.15. The Morgan fingerprint density at radius 3 is 1.64 bits per heavy atom. The first-order chi connectivity index (χ1) is 24.8. The molecule has 0 aliphatic carbocycles. The van der Waals surface area contributed by atoms with Gasteiger partial charge in [0.1, 0.15) is 0 Å². The minimum absolute atomic E-state index is 0.691. The van der Waals surface area contributed by atoms with Gasteiger partial charge < -0.3 is 0 Å². The molecule has 0 bridgehead atoms. The maximum atomic E-state index is 5.09. The molecule has 0 saturated heterocycles. The van der Waals surface area contributed by atoms with Crippen molar-refractivity contribution in [3.8, 4) is 67.5 Å². The van der Waals surface area contributed by atoms with Crippen LogP contribution in [0.3, 0.4) is 0 Å². The second-order valence-electron chi connectivity index (χ2n) is 12.3. The molecule has 9 aromatic rings. The van der Waals surface area contributed by atoms with Crippen LogP contribution >= 0.6 is 0 Å². The van der Waals surface area contributed by atoms with Gasteiger partial charge in [-0.3, -0.25) is 4.98 Å². The molecule has 234 valence electrons. The number of fused-ring (bicyclic) bond motifs is 3. The average molecular weight is 639 g/mol. The van der Waals surface area contributed by atoms with E-state index in [0.29, 0.717) is 5.82 Å². The van der Waals surface area contributed by atoms with Crippen molar-refractivity contribution >= 4 is 21.7 Å². The van der Waals surface area contributed by atoms with Crippen molar-refractivity contribution in [2.45, 2.75) is 0 Å². The summed E-state index contributed by atoms with van der Waals surface area (Å²) < 4.78 is 0. The van der Waals surface area contributed by atoms with Crippen LogP contribution in [0.15, 0.2) is 182 Å². The third-order valence-corrected chi connectivity index (χ3v) is 9.15. The summed E-state index contributed by atoms with van der Waals surface area (Å²) in [4.78, 5) is 20.0. The number of aromatic nitrogens is 4. The van der Waals surface area contributed by atoms with Crippen molar-refractivity contribution in [1.82, 2.24) is 19.9 Å². The van der Waals surface area contributed by atoms with Crippen LogP contribution < -0.4 is 0 Å². The minimum atomic E-state index is 0.691. The Hall–Kier alpha value is -6.78. The fourth-order valence-electron chi connectivity index (χ4n) is 6.62. The van der Waals surface area contributed by atoms with Gasteiger partial charge in [0.15, 0.2) is 5.82 Å². The zero-order valence-corrected chi connectivity index (χ0v) is 27.1. The Morgan fingerprint density at radius 2 is 0.860 bits per heavy atom. The summed E-state index contributed by atoms with van der Waals surface area (Å²) >= 11 is 0. The predicted molar refractivity (Wildman–Crippen MR) is 205 cm³/mol. The molecule has 3 heterocycles. The molecule has 0 saturated carbocycles. The van der Waals surface area contributed by atoms with E-state index in [-0.39, 0.29) is 0 Å². The maximum absolute atomic E-state index is 5.09. The number of hydrogen-bond donors (Lipinski definition) is 0. The normalized spacial score (nSPS) is 11.2. The van der Waals surface area contributed by atoms with Gasteiger partial charge in [0.05, 0.1) is 28.3 Å². The average Bonchev–Trinajstić information content (AvgIpc) is 3.21. The first-order valence-corrected chi connectivity index (χ1v) is 16.7. The molecule has 0 fully saturated rings. The van der Waals surface area contributed by atoms with Crippen molar-refractivity contribution in [3.05, 3.63) is 182 Å². The summed E-state index contributed by atoms with van der Waals surface area (Å²) in [6.07, 6.45) is 1.87. The highest BCUT2D eigenvalue weighted by atomic mass is 14.9. The van der Waals surface area contributed by atoms with E-state index in [1.807, 2.05) is 36.5 Å². The predicted octanol–water partition coefficient (Wildman–Crippen LogP) is 11.6. The highest BCUT2D eigenvalue weighted by Crippen LogP contribution is 2.35. The van der Waals surface area contributed by atoms with E-state index in [0.717, 1.165) is 66.9 Å². The van der Waals surface area contributed by atoms with E-state index in [1.165, 1.54) is 16.5 Å². The molecule has 0 radical (unpaired) electrons. The standard InChI is InChI=1S/C46H30N4/c1-3-12-31(13-4-1)32-22-24-33(25-23-32)42-30-43(50-46(49-42)34-14-5-2-6-15-34)37-17-11-16-35(28-37)36-26-27-47-44(29-36)45-40-20-8-7-18-38(40)39-19-9-10-21-41(39)48-45/h1-30H. The second-order valence-corrected chi connectivity index (χ2v) is 12.3. The Bertz CT molecular complexity index is 2630. The summed E-state index contributed by atoms with van der Waals surface area (Å²) in [6.45, 7) is 0. The van der Waals surface area contributed by atoms with Crippen LogP contribution in [0.5, 0.6) is 0 Å². The van der Waals surface area contributed by atoms with Crippen molar-refractivity contribution in [2.24, 2.45) is 0 Å². The van der Waals surface area contributed by atoms with Gasteiger partial charge in [0.25, 0.3) is 0 Å². The highest BCUT2D eigenvalue weighted by Gasteiger charge is 2.14. The van der Waals surface area contributed by atoms with E-state index in [4.69, 9.17) is 19.9 Å². The van der Waals surface area contributed by atoms with E-state index in [1.54, 1.807) is 0 Å². The Morgan fingerprint density at radius 1 is 0.300 bits per heavy atom. The van der Waals surface area contributed by atoms with E-state index < -0.39 is 0 Å². The molecule has 0 aliphatic rings. The van der Waals surface area contributed by atoms with Crippen LogP contribution in [0.2, 0.25) is 0 Å². The number of nitrogens with zero attached hydrogens (tertiary/aromatic N) is 4. The first kappa shape index (κ1) is 29.4. The van der Waals surface area contributed by atoms with Gasteiger partial charge in [-0.15, -0.1) is 0 Å². The molecular formula is C46H30N4. The summed E-state index contributed by atoms with van der Waals surface area (Å²) in [5.74, 6) is 0.691. The van der Waals surface area contributed by atoms with E-state index in [9.17, 15) is 0 Å². The fourth-order valence-corrected chi connectivity index (χ4v) is 6.62. The molecule has 50 heavy (non-hydrogen) atoms. The summed E-state index contributed by atoms with van der Waals surface area (Å²) in [6, 6.07) is 60.7. The number of para-hydroxylation sites is 1. The number of rotatable bonds is 6. The van der Waals surface area contributed by atoms with Gasteiger partial charge in [-0.2, -0.15) is 0 Å². The highest BCUT2D eigenvalue weighted by molar-refractivity contribution is 6.10. The molecular weight excluding hydrogens is 609 g/mol. The van der Waals surface area contributed by atoms with Crippen LogP contribution in [-0.2, 0) is 0 Å². The molecule has 9 rings (SSSR count). The molecule has 0 spiro atoms. The molecule has 0 unspecified atom stereocenters. The van der Waals surface area contributed by atoms with Crippen molar-refractivity contribution < 1.29 is 0 Å². The monoisotopic (exact) mass is 638 g/mol. The summed E-state index contributed by atoms with van der Waals surface area (Å²) in [7, 11) is 0. The molecule has 3 aromatic heterocycles. The minimum Gasteiger partial charge on any atom is -0.255 e. The quantitative estimate of drug-likeness (QED) is 0.170. The molecule has 0 amide bonds. The summed E-state index contributed by atoms with van der Waals surface area (Å²) in [5, 5.41) is 3.40. The van der Waals surface area contributed by atoms with Gasteiger partial charge in [-0.05, 0) is 58.0 Å². The molecule has 4 nitrogen and oxygen atoms in total. The number of benzene rings is 6. The summed E-state index contributed by atoms with van der Waals surface area (Å²) in [5.41, 5.74) is 11.9. The Kier molecular flexibility index (Phi) is 7.45. The van der Waals surface area contributed by atoms with E-state index >= 15 is 0 Å². The van der Waals surface area contributed by atoms with E-state index in [2.05, 4.69) is 146 Å². The largest absolute Gasteiger partial charge is 0.255 e. The van der Waals surface area contributed by atoms with Crippen molar-refractivity contribution in [1.29, 1.82) is 0 Å². The lowest BCUT2D eigenvalue weighted by Crippen LogP contribution is -1.96. The molecule has 0 aliphatic heterocycles. The Balaban J connectivity index is 1.13. The maximum Gasteiger partial charge on any atom is 0.160 e. The lowest BCUT2D eigenvalue weighted by atomic mass is 9.98. The first-order valence-electron chi connectivity index (χ1n) is 16.7. The smallest absolute Gasteiger partial charge is 0.160 e. The number of hydrogen-bond acceptors (Lipinski definition) is 4. The lowest BCUT2D eigenvalue weighted by Gasteiger charge is -2.12. The molecule has 0 atom stereocenters. The van der Waals surface area contributed by atoms with Crippen LogP contribution in [-0.4, -0.2) is 19.9 Å². The SMILES string of the molecule is c1ccc(-c2ccc(-c3cc(-c4cccc(-c5ccnc(-c6nc7ccccc7c7ccccc67)c5)c4)nc(-c4ccccc4)n3)cc2)cc1. The van der Waals surface area contributed by atoms with Crippen molar-refractivity contribution in [2.75, 3.05) is 0 Å². The Labute approximate surface area is 290 Å². The zero-order chi connectivity index (χ0) is 33.3. The number of pyridine rings is 2. The lowest BCUT2D eigenvalue weighted by molar-refractivity contribution is 1.18. The van der Waals surface area contributed by atoms with Gasteiger partial charge >= 0.3 is 0 Å². The zero-order valence-electron chi connectivity index (χ0n) is 27.1. The van der Waals surface area contributed by atoms with Crippen LogP contribution in [0.1, 0.15) is 0 Å². The van der Waals surface area contributed by atoms with Crippen LogP contribution in [0, 0.1) is 0 Å². The van der Waals surface area contributed by atoms with Gasteiger partial charge in [0.2, 0.25) is 0 Å². The fraction of sp³-hybridized carbons (Fsp3) is 0. The van der Waals surface area contributed by atoms with Gasteiger partial charge in [-0.25, -0.2) is 15.0 Å². The molecule has 4 heteroatoms. The molecule has 0 N–H and O–H groups in total. The van der Waals surface area contributed by atoms with Crippen LogP contribution in [0.4, 0.5) is 0 Å². The van der Waals surface area contributed by atoms with Crippen LogP contribution in [0.25, 0.3) is 89.2 Å².